The number of hydrogen-bond donors (Lipinski definition) is 1. The van der Waals surface area contributed by atoms with E-state index in [2.05, 4.69) is 4.90 Å². The molecule has 2 unspecified atom stereocenters. The van der Waals surface area contributed by atoms with Crippen molar-refractivity contribution in [2.24, 2.45) is 5.41 Å². The Labute approximate surface area is 208 Å². The SMILES string of the molecule is CC(C)(C)OC(=O)N1CCCC(C)(C(=O)OC(O)CN(Cc2ccccc2)Cc2ccccc2)C1. The van der Waals surface area contributed by atoms with Gasteiger partial charge in [-0.3, -0.25) is 9.69 Å². The molecule has 190 valence electrons. The van der Waals surface area contributed by atoms with Crippen molar-refractivity contribution in [3.63, 3.8) is 0 Å². The third kappa shape index (κ3) is 8.37. The number of carbonyl (C=O) groups is 2. The van der Waals surface area contributed by atoms with Gasteiger partial charge < -0.3 is 19.5 Å². The Morgan fingerprint density at radius 1 is 1.03 bits per heavy atom. The van der Waals surface area contributed by atoms with E-state index in [4.69, 9.17) is 9.47 Å². The average Bonchev–Trinajstić information content (AvgIpc) is 2.79. The molecule has 2 aromatic carbocycles. The summed E-state index contributed by atoms with van der Waals surface area (Å²) in [4.78, 5) is 29.2. The highest BCUT2D eigenvalue weighted by molar-refractivity contribution is 5.78. The largest absolute Gasteiger partial charge is 0.444 e. The highest BCUT2D eigenvalue weighted by Gasteiger charge is 2.42. The van der Waals surface area contributed by atoms with Gasteiger partial charge in [0.05, 0.1) is 12.0 Å². The summed E-state index contributed by atoms with van der Waals surface area (Å²) in [5.74, 6) is -0.502. The molecule has 1 aliphatic rings. The molecule has 35 heavy (non-hydrogen) atoms. The van der Waals surface area contributed by atoms with Gasteiger partial charge in [-0.2, -0.15) is 0 Å². The lowest BCUT2D eigenvalue weighted by atomic mass is 9.82. The molecule has 7 nitrogen and oxygen atoms in total. The van der Waals surface area contributed by atoms with Gasteiger partial charge in [0.25, 0.3) is 0 Å². The first-order chi connectivity index (χ1) is 16.5. The van der Waals surface area contributed by atoms with E-state index >= 15 is 0 Å². The molecule has 1 amide bonds. The summed E-state index contributed by atoms with van der Waals surface area (Å²) in [5, 5.41) is 10.7. The van der Waals surface area contributed by atoms with E-state index in [-0.39, 0.29) is 13.1 Å². The first kappa shape index (κ1) is 26.7. The topological polar surface area (TPSA) is 79.3 Å². The summed E-state index contributed by atoms with van der Waals surface area (Å²) in [6.45, 7) is 9.33. The molecule has 3 rings (SSSR count). The van der Waals surface area contributed by atoms with E-state index in [9.17, 15) is 14.7 Å². The number of aliphatic hydroxyl groups excluding tert-OH is 1. The van der Waals surface area contributed by atoms with Gasteiger partial charge in [-0.05, 0) is 51.7 Å². The minimum absolute atomic E-state index is 0.168. The Hall–Kier alpha value is -2.90. The number of nitrogens with zero attached hydrogens (tertiary/aromatic N) is 2. The predicted octanol–water partition coefficient (Wildman–Crippen LogP) is 4.59. The van der Waals surface area contributed by atoms with Crippen molar-refractivity contribution in [1.29, 1.82) is 0 Å². The molecule has 1 saturated heterocycles. The van der Waals surface area contributed by atoms with Crippen LogP contribution in [-0.2, 0) is 27.4 Å². The molecule has 1 heterocycles. The van der Waals surface area contributed by atoms with E-state index in [1.165, 1.54) is 0 Å². The molecule has 0 spiro atoms. The van der Waals surface area contributed by atoms with Gasteiger partial charge in [0.15, 0.2) is 0 Å². The Balaban J connectivity index is 1.62. The zero-order chi connectivity index (χ0) is 25.5. The third-order valence-electron chi connectivity index (χ3n) is 6.00. The number of aliphatic hydroxyl groups is 1. The molecule has 2 aromatic rings. The van der Waals surface area contributed by atoms with Crippen LogP contribution < -0.4 is 0 Å². The summed E-state index contributed by atoms with van der Waals surface area (Å²) in [5.41, 5.74) is 0.700. The quantitative estimate of drug-likeness (QED) is 0.438. The van der Waals surface area contributed by atoms with Gasteiger partial charge in [0.1, 0.15) is 5.60 Å². The average molecular weight is 483 g/mol. The van der Waals surface area contributed by atoms with Crippen molar-refractivity contribution >= 4 is 12.1 Å². The van der Waals surface area contributed by atoms with Crippen molar-refractivity contribution < 1.29 is 24.2 Å². The fourth-order valence-electron chi connectivity index (χ4n) is 4.28. The molecule has 1 aliphatic heterocycles. The van der Waals surface area contributed by atoms with Gasteiger partial charge in [0, 0.05) is 26.2 Å². The summed E-state index contributed by atoms with van der Waals surface area (Å²) in [7, 11) is 0. The highest BCUT2D eigenvalue weighted by Crippen LogP contribution is 2.32. The van der Waals surface area contributed by atoms with Gasteiger partial charge in [-0.1, -0.05) is 60.7 Å². The molecule has 2 atom stereocenters. The fourth-order valence-corrected chi connectivity index (χ4v) is 4.28. The minimum atomic E-state index is -1.29. The number of amides is 1. The van der Waals surface area contributed by atoms with Gasteiger partial charge in [-0.25, -0.2) is 4.79 Å². The molecule has 7 heteroatoms. The van der Waals surface area contributed by atoms with Crippen LogP contribution in [0.4, 0.5) is 4.79 Å². The summed E-state index contributed by atoms with van der Waals surface area (Å²) in [6, 6.07) is 20.0. The molecule has 0 saturated carbocycles. The third-order valence-corrected chi connectivity index (χ3v) is 6.00. The maximum Gasteiger partial charge on any atom is 0.410 e. The molecule has 0 aromatic heterocycles. The van der Waals surface area contributed by atoms with E-state index in [1.807, 2.05) is 81.4 Å². The first-order valence-electron chi connectivity index (χ1n) is 12.2. The van der Waals surface area contributed by atoms with Crippen LogP contribution in [0.3, 0.4) is 0 Å². The number of carbonyl (C=O) groups excluding carboxylic acids is 2. The second kappa shape index (κ2) is 11.7. The van der Waals surface area contributed by atoms with E-state index in [0.29, 0.717) is 32.5 Å². The van der Waals surface area contributed by atoms with Crippen molar-refractivity contribution in [2.45, 2.75) is 65.5 Å². The van der Waals surface area contributed by atoms with Crippen LogP contribution in [0.15, 0.2) is 60.7 Å². The lowest BCUT2D eigenvalue weighted by Gasteiger charge is -2.39. The van der Waals surface area contributed by atoms with Crippen LogP contribution in [-0.4, -0.2) is 58.5 Å². The predicted molar refractivity (Wildman–Crippen MR) is 134 cm³/mol. The molecular formula is C28H38N2O5. The summed E-state index contributed by atoms with van der Waals surface area (Å²) in [6.07, 6.45) is -0.484. The van der Waals surface area contributed by atoms with Crippen LogP contribution in [0, 0.1) is 5.41 Å². The van der Waals surface area contributed by atoms with E-state index in [1.54, 1.807) is 11.8 Å². The maximum atomic E-state index is 13.1. The zero-order valence-corrected chi connectivity index (χ0v) is 21.3. The summed E-state index contributed by atoms with van der Waals surface area (Å²) >= 11 is 0. The fraction of sp³-hybridized carbons (Fsp3) is 0.500. The van der Waals surface area contributed by atoms with Crippen LogP contribution in [0.25, 0.3) is 0 Å². The Morgan fingerprint density at radius 2 is 1.57 bits per heavy atom. The first-order valence-corrected chi connectivity index (χ1v) is 12.2. The van der Waals surface area contributed by atoms with Crippen LogP contribution in [0.2, 0.25) is 0 Å². The number of esters is 1. The lowest BCUT2D eigenvalue weighted by Crippen LogP contribution is -2.51. The highest BCUT2D eigenvalue weighted by atomic mass is 16.6. The van der Waals surface area contributed by atoms with Crippen LogP contribution >= 0.6 is 0 Å². The molecular weight excluding hydrogens is 444 g/mol. The second-order valence-corrected chi connectivity index (χ2v) is 10.6. The van der Waals surface area contributed by atoms with Gasteiger partial charge in [-0.15, -0.1) is 0 Å². The van der Waals surface area contributed by atoms with E-state index < -0.39 is 29.4 Å². The van der Waals surface area contributed by atoms with Crippen molar-refractivity contribution in [1.82, 2.24) is 9.80 Å². The van der Waals surface area contributed by atoms with Crippen molar-refractivity contribution in [3.8, 4) is 0 Å². The smallest absolute Gasteiger partial charge is 0.410 e. The zero-order valence-electron chi connectivity index (χ0n) is 21.3. The van der Waals surface area contributed by atoms with Crippen molar-refractivity contribution in [2.75, 3.05) is 19.6 Å². The number of hydrogen-bond acceptors (Lipinski definition) is 6. The Kier molecular flexibility index (Phi) is 8.92. The standard InChI is InChI=1S/C28H38N2O5/c1-27(2,3)35-26(33)30-17-11-16-28(4,21-30)25(32)34-24(31)20-29(18-22-12-7-5-8-13-22)19-23-14-9-6-10-15-23/h5-10,12-15,24,31H,11,16-21H2,1-4H3. The summed E-state index contributed by atoms with van der Waals surface area (Å²) < 4.78 is 11.0. The van der Waals surface area contributed by atoms with E-state index in [0.717, 1.165) is 11.1 Å². The second-order valence-electron chi connectivity index (χ2n) is 10.6. The Morgan fingerprint density at radius 3 is 2.09 bits per heavy atom. The monoisotopic (exact) mass is 482 g/mol. The number of ether oxygens (including phenoxy) is 2. The van der Waals surface area contributed by atoms with Gasteiger partial charge >= 0.3 is 12.1 Å². The lowest BCUT2D eigenvalue weighted by molar-refractivity contribution is -0.184. The molecule has 0 bridgehead atoms. The van der Waals surface area contributed by atoms with Gasteiger partial charge in [0.2, 0.25) is 6.29 Å². The van der Waals surface area contributed by atoms with Crippen molar-refractivity contribution in [3.05, 3.63) is 71.8 Å². The minimum Gasteiger partial charge on any atom is -0.444 e. The molecule has 0 aliphatic carbocycles. The van der Waals surface area contributed by atoms with Crippen LogP contribution in [0.5, 0.6) is 0 Å². The Bertz CT molecular complexity index is 919. The van der Waals surface area contributed by atoms with Crippen LogP contribution in [0.1, 0.15) is 51.7 Å². The molecule has 1 fully saturated rings. The number of piperidine rings is 1. The maximum absolute atomic E-state index is 13.1. The number of likely N-dealkylation sites (tertiary alicyclic amines) is 1. The number of rotatable bonds is 8. The molecule has 1 N–H and O–H groups in total. The molecule has 0 radical (unpaired) electrons. The normalized spacial score (nSPS) is 19.3. The number of benzene rings is 2.